The Morgan fingerprint density at radius 3 is 2.61 bits per heavy atom. The number of hydrogen-bond donors (Lipinski definition) is 1. The van der Waals surface area contributed by atoms with Crippen LogP contribution in [0.3, 0.4) is 0 Å². The van der Waals surface area contributed by atoms with Crippen molar-refractivity contribution in [2.45, 2.75) is 27.2 Å². The first-order valence-corrected chi connectivity index (χ1v) is 8.12. The number of aromatic nitrogens is 2. The summed E-state index contributed by atoms with van der Waals surface area (Å²) in [6.45, 7) is 6.04. The van der Waals surface area contributed by atoms with E-state index < -0.39 is 5.97 Å². The lowest BCUT2D eigenvalue weighted by Crippen LogP contribution is -2.05. The van der Waals surface area contributed by atoms with Crippen LogP contribution in [0, 0.1) is 20.8 Å². The first kappa shape index (κ1) is 15.7. The van der Waals surface area contributed by atoms with Gasteiger partial charge in [-0.1, -0.05) is 23.8 Å². The Morgan fingerprint density at radius 1 is 1.22 bits per heavy atom. The Bertz CT molecular complexity index is 928. The highest BCUT2D eigenvalue weighted by Gasteiger charge is 2.19. The number of nitrogens with zero attached hydrogens (tertiary/aromatic N) is 2. The van der Waals surface area contributed by atoms with Crippen LogP contribution in [0.1, 0.15) is 22.4 Å². The molecule has 23 heavy (non-hydrogen) atoms. The predicted molar refractivity (Wildman–Crippen MR) is 93.9 cm³/mol. The topological polar surface area (TPSA) is 54.6 Å². The Hall–Kier alpha value is -2.14. The standard InChI is InChI=1S/C18H17BrN2O2/c1-10-4-5-13(12(3)6-10)17-15(8-16(22)23)21-9-11(2)7-14(19)18(21)20-17/h4-7,9H,8H2,1-3H3,(H,22,23). The molecule has 2 aromatic heterocycles. The summed E-state index contributed by atoms with van der Waals surface area (Å²) in [5.74, 6) is -0.865. The van der Waals surface area contributed by atoms with Gasteiger partial charge >= 0.3 is 5.97 Å². The van der Waals surface area contributed by atoms with E-state index in [1.807, 2.05) is 49.6 Å². The summed E-state index contributed by atoms with van der Waals surface area (Å²) in [4.78, 5) is 16.1. The molecule has 0 saturated carbocycles. The summed E-state index contributed by atoms with van der Waals surface area (Å²) in [7, 11) is 0. The van der Waals surface area contributed by atoms with Crippen molar-refractivity contribution in [1.29, 1.82) is 0 Å². The molecule has 0 saturated heterocycles. The number of benzene rings is 1. The molecule has 1 aromatic carbocycles. The number of aliphatic carboxylic acids is 1. The maximum absolute atomic E-state index is 11.3. The van der Waals surface area contributed by atoms with Crippen LogP contribution in [0.5, 0.6) is 0 Å². The van der Waals surface area contributed by atoms with Crippen molar-refractivity contribution < 1.29 is 9.90 Å². The summed E-state index contributed by atoms with van der Waals surface area (Å²) in [5.41, 5.74) is 6.45. The molecular formula is C18H17BrN2O2. The van der Waals surface area contributed by atoms with Crippen LogP contribution >= 0.6 is 15.9 Å². The summed E-state index contributed by atoms with van der Waals surface area (Å²) in [5, 5.41) is 9.32. The quantitative estimate of drug-likeness (QED) is 0.744. The fraction of sp³-hybridized carbons (Fsp3) is 0.222. The van der Waals surface area contributed by atoms with Crippen molar-refractivity contribution in [2.75, 3.05) is 0 Å². The molecule has 0 spiro atoms. The zero-order chi connectivity index (χ0) is 16.7. The van der Waals surface area contributed by atoms with Gasteiger partial charge in [-0.3, -0.25) is 4.79 Å². The van der Waals surface area contributed by atoms with Gasteiger partial charge in [-0.25, -0.2) is 4.98 Å². The molecule has 3 aromatic rings. The van der Waals surface area contributed by atoms with Gasteiger partial charge in [0.05, 0.1) is 22.3 Å². The maximum Gasteiger partial charge on any atom is 0.309 e. The summed E-state index contributed by atoms with van der Waals surface area (Å²) in [6.07, 6.45) is 1.86. The second-order valence-electron chi connectivity index (χ2n) is 5.85. The van der Waals surface area contributed by atoms with E-state index in [4.69, 9.17) is 4.98 Å². The lowest BCUT2D eigenvalue weighted by Gasteiger charge is -2.07. The zero-order valence-electron chi connectivity index (χ0n) is 13.2. The normalized spacial score (nSPS) is 11.1. The Morgan fingerprint density at radius 2 is 1.96 bits per heavy atom. The van der Waals surface area contributed by atoms with E-state index in [2.05, 4.69) is 22.0 Å². The second kappa shape index (κ2) is 5.81. The molecule has 3 rings (SSSR count). The molecule has 2 heterocycles. The molecular weight excluding hydrogens is 356 g/mol. The van der Waals surface area contributed by atoms with Gasteiger partial charge in [0, 0.05) is 11.8 Å². The third kappa shape index (κ3) is 2.88. The molecule has 0 radical (unpaired) electrons. The van der Waals surface area contributed by atoms with Crippen LogP contribution < -0.4 is 0 Å². The lowest BCUT2D eigenvalue weighted by molar-refractivity contribution is -0.136. The molecule has 0 fully saturated rings. The Labute approximate surface area is 142 Å². The summed E-state index contributed by atoms with van der Waals surface area (Å²) >= 11 is 3.53. The first-order chi connectivity index (χ1) is 10.9. The van der Waals surface area contributed by atoms with Gasteiger partial charge in [0.15, 0.2) is 5.65 Å². The van der Waals surface area contributed by atoms with Crippen molar-refractivity contribution in [1.82, 2.24) is 9.38 Å². The number of carboxylic acid groups (broad SMARTS) is 1. The number of carbonyl (C=O) groups is 1. The fourth-order valence-corrected chi connectivity index (χ4v) is 3.53. The first-order valence-electron chi connectivity index (χ1n) is 7.33. The number of fused-ring (bicyclic) bond motifs is 1. The van der Waals surface area contributed by atoms with Crippen LogP contribution in [-0.2, 0) is 11.2 Å². The van der Waals surface area contributed by atoms with Gasteiger partial charge in [0.25, 0.3) is 0 Å². The fourth-order valence-electron chi connectivity index (χ4n) is 2.89. The Balaban J connectivity index is 2.35. The smallest absolute Gasteiger partial charge is 0.309 e. The molecule has 1 N–H and O–H groups in total. The monoisotopic (exact) mass is 372 g/mol. The van der Waals surface area contributed by atoms with Crippen LogP contribution in [0.15, 0.2) is 34.9 Å². The molecule has 4 nitrogen and oxygen atoms in total. The Kier molecular flexibility index (Phi) is 3.98. The van der Waals surface area contributed by atoms with Crippen LogP contribution in [0.25, 0.3) is 16.9 Å². The van der Waals surface area contributed by atoms with Crippen molar-refractivity contribution in [2.24, 2.45) is 0 Å². The van der Waals surface area contributed by atoms with Crippen LogP contribution in [0.2, 0.25) is 0 Å². The largest absolute Gasteiger partial charge is 0.481 e. The molecule has 0 aliphatic carbocycles. The number of rotatable bonds is 3. The number of pyridine rings is 1. The lowest BCUT2D eigenvalue weighted by atomic mass is 10.0. The minimum atomic E-state index is -0.865. The number of imidazole rings is 1. The van der Waals surface area contributed by atoms with E-state index in [1.54, 1.807) is 0 Å². The van der Waals surface area contributed by atoms with E-state index in [-0.39, 0.29) is 6.42 Å². The van der Waals surface area contributed by atoms with Gasteiger partial charge < -0.3 is 9.51 Å². The minimum absolute atomic E-state index is 0.0697. The second-order valence-corrected chi connectivity index (χ2v) is 6.71. The number of carboxylic acids is 1. The van der Waals surface area contributed by atoms with Crippen LogP contribution in [0.4, 0.5) is 0 Å². The van der Waals surface area contributed by atoms with E-state index in [0.29, 0.717) is 5.69 Å². The predicted octanol–water partition coefficient (Wildman–Crippen LogP) is 4.32. The highest BCUT2D eigenvalue weighted by molar-refractivity contribution is 9.10. The molecule has 0 atom stereocenters. The number of halogens is 1. The van der Waals surface area contributed by atoms with Gasteiger partial charge in [0.1, 0.15) is 0 Å². The molecule has 0 amide bonds. The van der Waals surface area contributed by atoms with E-state index >= 15 is 0 Å². The highest BCUT2D eigenvalue weighted by Crippen LogP contribution is 2.31. The number of aryl methyl sites for hydroxylation is 3. The third-order valence-corrected chi connectivity index (χ3v) is 4.45. The van der Waals surface area contributed by atoms with E-state index in [1.165, 1.54) is 5.56 Å². The number of hydrogen-bond acceptors (Lipinski definition) is 2. The molecule has 0 unspecified atom stereocenters. The van der Waals surface area contributed by atoms with Crippen molar-refractivity contribution in [3.63, 3.8) is 0 Å². The summed E-state index contributed by atoms with van der Waals surface area (Å²) < 4.78 is 2.74. The molecule has 0 aliphatic heterocycles. The van der Waals surface area contributed by atoms with Gasteiger partial charge in [0.2, 0.25) is 0 Å². The van der Waals surface area contributed by atoms with Gasteiger partial charge in [-0.15, -0.1) is 0 Å². The average molecular weight is 373 g/mol. The van der Waals surface area contributed by atoms with Gasteiger partial charge in [-0.2, -0.15) is 0 Å². The molecule has 0 bridgehead atoms. The summed E-state index contributed by atoms with van der Waals surface area (Å²) in [6, 6.07) is 8.11. The van der Waals surface area contributed by atoms with Crippen molar-refractivity contribution in [3.05, 3.63) is 57.3 Å². The molecule has 5 heteroatoms. The average Bonchev–Trinajstić information content (AvgIpc) is 2.77. The van der Waals surface area contributed by atoms with Crippen LogP contribution in [-0.4, -0.2) is 20.5 Å². The maximum atomic E-state index is 11.3. The molecule has 118 valence electrons. The zero-order valence-corrected chi connectivity index (χ0v) is 14.8. The SMILES string of the molecule is Cc1ccc(-c2nc3c(Br)cc(C)cn3c2CC(=O)O)c(C)c1. The highest BCUT2D eigenvalue weighted by atomic mass is 79.9. The molecule has 0 aliphatic rings. The van der Waals surface area contributed by atoms with Crippen molar-refractivity contribution >= 4 is 27.5 Å². The third-order valence-electron chi connectivity index (χ3n) is 3.87. The van der Waals surface area contributed by atoms with Crippen molar-refractivity contribution in [3.8, 4) is 11.3 Å². The van der Waals surface area contributed by atoms with Gasteiger partial charge in [-0.05, 0) is 53.9 Å². The minimum Gasteiger partial charge on any atom is -0.481 e. The van der Waals surface area contributed by atoms with E-state index in [9.17, 15) is 9.90 Å². The van der Waals surface area contributed by atoms with E-state index in [0.717, 1.165) is 32.5 Å².